The third kappa shape index (κ3) is 4.14. The third-order valence-corrected chi connectivity index (χ3v) is 3.44. The summed E-state index contributed by atoms with van der Waals surface area (Å²) in [5, 5.41) is 12.1. The molecule has 0 spiro atoms. The Morgan fingerprint density at radius 1 is 1.20 bits per heavy atom. The highest BCUT2D eigenvalue weighted by atomic mass is 19.1. The molecule has 0 atom stereocenters. The highest BCUT2D eigenvalue weighted by molar-refractivity contribution is 5.94. The lowest BCUT2D eigenvalue weighted by Gasteiger charge is -2.06. The SMILES string of the molecule is Cc1cc(O)nc(CNC(=O)c2ccc(-c3cccc(F)c3)nc2)n1. The van der Waals surface area contributed by atoms with Gasteiger partial charge in [-0.15, -0.1) is 0 Å². The number of aromatic hydroxyl groups is 1. The fourth-order valence-corrected chi connectivity index (χ4v) is 2.30. The number of halogens is 1. The van der Waals surface area contributed by atoms with Crippen molar-refractivity contribution in [1.29, 1.82) is 0 Å². The second-order valence-corrected chi connectivity index (χ2v) is 5.41. The van der Waals surface area contributed by atoms with Gasteiger partial charge in [0, 0.05) is 23.5 Å². The number of amides is 1. The van der Waals surface area contributed by atoms with Crippen molar-refractivity contribution in [2.75, 3.05) is 0 Å². The second-order valence-electron chi connectivity index (χ2n) is 5.41. The van der Waals surface area contributed by atoms with Crippen LogP contribution in [0.5, 0.6) is 5.88 Å². The van der Waals surface area contributed by atoms with Crippen molar-refractivity contribution in [2.45, 2.75) is 13.5 Å². The van der Waals surface area contributed by atoms with Gasteiger partial charge in [0.25, 0.3) is 5.91 Å². The number of benzene rings is 1. The largest absolute Gasteiger partial charge is 0.493 e. The second kappa shape index (κ2) is 7.04. The van der Waals surface area contributed by atoms with E-state index in [0.717, 1.165) is 0 Å². The molecule has 6 nitrogen and oxygen atoms in total. The fraction of sp³-hybridized carbons (Fsp3) is 0.111. The normalized spacial score (nSPS) is 10.5. The number of rotatable bonds is 4. The van der Waals surface area contributed by atoms with Crippen molar-refractivity contribution >= 4 is 5.91 Å². The lowest BCUT2D eigenvalue weighted by Crippen LogP contribution is -2.24. The molecule has 0 aliphatic heterocycles. The molecule has 0 saturated heterocycles. The Hall–Kier alpha value is -3.35. The van der Waals surface area contributed by atoms with E-state index in [1.807, 2.05) is 0 Å². The van der Waals surface area contributed by atoms with E-state index in [1.165, 1.54) is 24.4 Å². The van der Waals surface area contributed by atoms with Gasteiger partial charge in [0.15, 0.2) is 5.82 Å². The molecule has 3 rings (SSSR count). The van der Waals surface area contributed by atoms with Crippen LogP contribution in [0.4, 0.5) is 4.39 Å². The standard InChI is InChI=1S/C18H15FN4O2/c1-11-7-17(24)23-16(22-11)10-21-18(25)13-5-6-15(20-9-13)12-3-2-4-14(19)8-12/h2-9H,10H2,1H3,(H,21,25)(H,22,23,24). The zero-order valence-corrected chi connectivity index (χ0v) is 13.4. The number of carbonyl (C=O) groups is 1. The molecule has 7 heteroatoms. The van der Waals surface area contributed by atoms with Gasteiger partial charge in [-0.3, -0.25) is 9.78 Å². The van der Waals surface area contributed by atoms with Crippen molar-refractivity contribution in [3.63, 3.8) is 0 Å². The van der Waals surface area contributed by atoms with Gasteiger partial charge in [0.2, 0.25) is 5.88 Å². The lowest BCUT2D eigenvalue weighted by molar-refractivity contribution is 0.0949. The van der Waals surface area contributed by atoms with Gasteiger partial charge in [-0.2, -0.15) is 4.98 Å². The van der Waals surface area contributed by atoms with Crippen molar-refractivity contribution in [1.82, 2.24) is 20.3 Å². The van der Waals surface area contributed by atoms with E-state index >= 15 is 0 Å². The van der Waals surface area contributed by atoms with Crippen LogP contribution in [0, 0.1) is 12.7 Å². The van der Waals surface area contributed by atoms with Crippen LogP contribution < -0.4 is 5.32 Å². The molecule has 0 saturated carbocycles. The van der Waals surface area contributed by atoms with Gasteiger partial charge in [-0.05, 0) is 31.2 Å². The first-order chi connectivity index (χ1) is 12.0. The van der Waals surface area contributed by atoms with Crippen LogP contribution in [0.25, 0.3) is 11.3 Å². The zero-order valence-electron chi connectivity index (χ0n) is 13.4. The highest BCUT2D eigenvalue weighted by Crippen LogP contribution is 2.18. The Kier molecular flexibility index (Phi) is 4.65. The minimum Gasteiger partial charge on any atom is -0.493 e. The van der Waals surface area contributed by atoms with E-state index in [2.05, 4.69) is 20.3 Å². The molecule has 126 valence electrons. The summed E-state index contributed by atoms with van der Waals surface area (Å²) < 4.78 is 13.3. The first-order valence-electron chi connectivity index (χ1n) is 7.55. The molecular formula is C18H15FN4O2. The number of nitrogens with zero attached hydrogens (tertiary/aromatic N) is 3. The van der Waals surface area contributed by atoms with Gasteiger partial charge in [-0.25, -0.2) is 9.37 Å². The molecule has 3 aromatic rings. The molecule has 2 heterocycles. The first-order valence-corrected chi connectivity index (χ1v) is 7.55. The quantitative estimate of drug-likeness (QED) is 0.763. The summed E-state index contributed by atoms with van der Waals surface area (Å²) in [4.78, 5) is 24.3. The van der Waals surface area contributed by atoms with Gasteiger partial charge in [0.1, 0.15) is 5.82 Å². The molecule has 0 aliphatic rings. The van der Waals surface area contributed by atoms with E-state index in [-0.39, 0.29) is 24.1 Å². The summed E-state index contributed by atoms with van der Waals surface area (Å²) in [5.41, 5.74) is 2.17. The Morgan fingerprint density at radius 3 is 2.72 bits per heavy atom. The Morgan fingerprint density at radius 2 is 2.04 bits per heavy atom. The molecule has 0 bridgehead atoms. The third-order valence-electron chi connectivity index (χ3n) is 3.44. The van der Waals surface area contributed by atoms with Gasteiger partial charge in [0.05, 0.1) is 17.8 Å². The molecular weight excluding hydrogens is 323 g/mol. The first kappa shape index (κ1) is 16.5. The Balaban J connectivity index is 1.68. The maximum absolute atomic E-state index is 13.3. The minimum absolute atomic E-state index is 0.0831. The number of pyridine rings is 1. The van der Waals surface area contributed by atoms with Crippen LogP contribution in [0.15, 0.2) is 48.7 Å². The number of nitrogens with one attached hydrogen (secondary N) is 1. The van der Waals surface area contributed by atoms with Crippen LogP contribution >= 0.6 is 0 Å². The predicted molar refractivity (Wildman–Crippen MR) is 89.2 cm³/mol. The number of hydrogen-bond acceptors (Lipinski definition) is 5. The van der Waals surface area contributed by atoms with Gasteiger partial charge >= 0.3 is 0 Å². The zero-order chi connectivity index (χ0) is 17.8. The molecule has 25 heavy (non-hydrogen) atoms. The van der Waals surface area contributed by atoms with E-state index in [0.29, 0.717) is 28.3 Å². The summed E-state index contributed by atoms with van der Waals surface area (Å²) in [6.07, 6.45) is 1.42. The van der Waals surface area contributed by atoms with E-state index in [9.17, 15) is 14.3 Å². The number of hydrogen-bond donors (Lipinski definition) is 2. The maximum Gasteiger partial charge on any atom is 0.253 e. The molecule has 0 unspecified atom stereocenters. The topological polar surface area (TPSA) is 88.0 Å². The van der Waals surface area contributed by atoms with Crippen molar-refractivity contribution < 1.29 is 14.3 Å². The van der Waals surface area contributed by atoms with Crippen LogP contribution in [-0.4, -0.2) is 26.0 Å². The molecule has 1 amide bonds. The van der Waals surface area contributed by atoms with Gasteiger partial charge in [-0.1, -0.05) is 12.1 Å². The lowest BCUT2D eigenvalue weighted by atomic mass is 10.1. The maximum atomic E-state index is 13.3. The average molecular weight is 338 g/mol. The summed E-state index contributed by atoms with van der Waals surface area (Å²) in [7, 11) is 0. The van der Waals surface area contributed by atoms with Crippen LogP contribution in [0.3, 0.4) is 0 Å². The van der Waals surface area contributed by atoms with Crippen molar-refractivity contribution in [3.05, 3.63) is 71.6 Å². The summed E-state index contributed by atoms with van der Waals surface area (Å²) in [6.45, 7) is 1.81. The molecule has 2 N–H and O–H groups in total. The number of aryl methyl sites for hydroxylation is 1. The molecule has 0 fully saturated rings. The summed E-state index contributed by atoms with van der Waals surface area (Å²) >= 11 is 0. The van der Waals surface area contributed by atoms with Crippen molar-refractivity contribution in [2.24, 2.45) is 0 Å². The predicted octanol–water partition coefficient (Wildman–Crippen LogP) is 2.62. The Labute approximate surface area is 143 Å². The monoisotopic (exact) mass is 338 g/mol. The smallest absolute Gasteiger partial charge is 0.253 e. The summed E-state index contributed by atoms with van der Waals surface area (Å²) in [6, 6.07) is 10.8. The van der Waals surface area contributed by atoms with E-state index in [4.69, 9.17) is 0 Å². The number of aromatic nitrogens is 3. The fourth-order valence-electron chi connectivity index (χ4n) is 2.30. The Bertz CT molecular complexity index is 893. The van der Waals surface area contributed by atoms with E-state index < -0.39 is 0 Å². The van der Waals surface area contributed by atoms with Crippen LogP contribution in [0.1, 0.15) is 21.9 Å². The van der Waals surface area contributed by atoms with Crippen LogP contribution in [0.2, 0.25) is 0 Å². The molecule has 2 aromatic heterocycles. The molecule has 1 aromatic carbocycles. The minimum atomic E-state index is -0.345. The highest BCUT2D eigenvalue weighted by Gasteiger charge is 2.09. The molecule has 0 radical (unpaired) electrons. The summed E-state index contributed by atoms with van der Waals surface area (Å²) in [5.74, 6) is -0.515. The van der Waals surface area contributed by atoms with Crippen LogP contribution in [-0.2, 0) is 6.54 Å². The average Bonchev–Trinajstić information content (AvgIpc) is 2.59. The van der Waals surface area contributed by atoms with Crippen molar-refractivity contribution in [3.8, 4) is 17.1 Å². The van der Waals surface area contributed by atoms with E-state index in [1.54, 1.807) is 31.2 Å². The van der Waals surface area contributed by atoms with Gasteiger partial charge < -0.3 is 10.4 Å². The number of carbonyl (C=O) groups excluding carboxylic acids is 1. The molecule has 0 aliphatic carbocycles.